The summed E-state index contributed by atoms with van der Waals surface area (Å²) in [5.74, 6) is 0.302. The summed E-state index contributed by atoms with van der Waals surface area (Å²) in [5, 5.41) is 2.76. The molecule has 1 aliphatic rings. The van der Waals surface area contributed by atoms with Crippen LogP contribution in [0.2, 0.25) is 0 Å². The van der Waals surface area contributed by atoms with Gasteiger partial charge in [0, 0.05) is 24.5 Å². The minimum Gasteiger partial charge on any atom is -0.384 e. The fraction of sp³-hybridized carbons (Fsp3) is 0.250. The predicted molar refractivity (Wildman–Crippen MR) is 93.9 cm³/mol. The van der Waals surface area contributed by atoms with Crippen LogP contribution in [0.25, 0.3) is 0 Å². The Balaban J connectivity index is 1.65. The molecule has 1 aliphatic heterocycles. The molecule has 1 aromatic heterocycles. The van der Waals surface area contributed by atoms with Crippen LogP contribution in [0.5, 0.6) is 0 Å². The molecule has 1 amide bonds. The summed E-state index contributed by atoms with van der Waals surface area (Å²) < 4.78 is 22.9. The number of aromatic nitrogens is 1. The molecule has 1 fully saturated rings. The van der Waals surface area contributed by atoms with Gasteiger partial charge in [-0.15, -0.1) is 0 Å². The lowest BCUT2D eigenvalue weighted by Gasteiger charge is -2.28. The SMILES string of the molecule is Nc1cccc(C(=O)Nc2ccc(N3CCS(=O)(=O)CC3)cc2)n1. The number of sulfone groups is 1. The van der Waals surface area contributed by atoms with Crippen LogP contribution in [0, 0.1) is 0 Å². The number of benzene rings is 1. The first-order valence-corrected chi connectivity index (χ1v) is 9.34. The van der Waals surface area contributed by atoms with E-state index in [-0.39, 0.29) is 28.9 Å². The number of carbonyl (C=O) groups is 1. The van der Waals surface area contributed by atoms with Crippen molar-refractivity contribution in [2.45, 2.75) is 0 Å². The highest BCUT2D eigenvalue weighted by atomic mass is 32.2. The minimum atomic E-state index is -2.90. The highest BCUT2D eigenvalue weighted by Gasteiger charge is 2.21. The summed E-state index contributed by atoms with van der Waals surface area (Å²) in [5.41, 5.74) is 7.39. The van der Waals surface area contributed by atoms with Crippen LogP contribution in [0.3, 0.4) is 0 Å². The molecule has 3 N–H and O–H groups in total. The molecule has 0 unspecified atom stereocenters. The van der Waals surface area contributed by atoms with Gasteiger partial charge in [-0.2, -0.15) is 0 Å². The van der Waals surface area contributed by atoms with Crippen molar-refractivity contribution in [3.8, 4) is 0 Å². The number of pyridine rings is 1. The predicted octanol–water partition coefficient (Wildman–Crippen LogP) is 1.15. The first-order chi connectivity index (χ1) is 11.4. The molecule has 0 saturated carbocycles. The number of nitrogens with zero attached hydrogens (tertiary/aromatic N) is 2. The molecule has 126 valence electrons. The van der Waals surface area contributed by atoms with Crippen molar-refractivity contribution in [2.24, 2.45) is 0 Å². The number of hydrogen-bond acceptors (Lipinski definition) is 6. The summed E-state index contributed by atoms with van der Waals surface area (Å²) in [6.07, 6.45) is 0. The van der Waals surface area contributed by atoms with Gasteiger partial charge in [0.15, 0.2) is 9.84 Å². The van der Waals surface area contributed by atoms with E-state index in [2.05, 4.69) is 10.3 Å². The van der Waals surface area contributed by atoms with E-state index in [1.165, 1.54) is 0 Å². The number of rotatable bonds is 3. The molecule has 0 atom stereocenters. The number of nitrogen functional groups attached to an aromatic ring is 1. The quantitative estimate of drug-likeness (QED) is 0.864. The normalized spacial score (nSPS) is 16.6. The maximum atomic E-state index is 12.1. The Labute approximate surface area is 140 Å². The third-order valence-electron chi connectivity index (χ3n) is 3.84. The van der Waals surface area contributed by atoms with E-state index >= 15 is 0 Å². The van der Waals surface area contributed by atoms with Gasteiger partial charge in [0.1, 0.15) is 11.5 Å². The molecule has 3 rings (SSSR count). The standard InChI is InChI=1S/C16H18N4O3S/c17-15-3-1-2-14(19-15)16(21)18-12-4-6-13(7-5-12)20-8-10-24(22,23)11-9-20/h1-7H,8-11H2,(H2,17,19)(H,18,21). The van der Waals surface area contributed by atoms with Crippen molar-refractivity contribution in [1.82, 2.24) is 4.98 Å². The van der Waals surface area contributed by atoms with Crippen LogP contribution in [-0.4, -0.2) is 43.9 Å². The van der Waals surface area contributed by atoms with Crippen molar-refractivity contribution in [3.05, 3.63) is 48.2 Å². The van der Waals surface area contributed by atoms with Crippen molar-refractivity contribution in [3.63, 3.8) is 0 Å². The van der Waals surface area contributed by atoms with Crippen LogP contribution in [0.4, 0.5) is 17.2 Å². The molecule has 1 saturated heterocycles. The smallest absolute Gasteiger partial charge is 0.274 e. The van der Waals surface area contributed by atoms with E-state index in [0.29, 0.717) is 18.8 Å². The van der Waals surface area contributed by atoms with E-state index < -0.39 is 9.84 Å². The highest BCUT2D eigenvalue weighted by Crippen LogP contribution is 2.20. The molecule has 0 spiro atoms. The molecule has 24 heavy (non-hydrogen) atoms. The molecule has 7 nitrogen and oxygen atoms in total. The van der Waals surface area contributed by atoms with Crippen molar-refractivity contribution >= 4 is 32.9 Å². The number of nitrogens with two attached hydrogens (primary N) is 1. The van der Waals surface area contributed by atoms with Gasteiger partial charge in [0.25, 0.3) is 5.91 Å². The van der Waals surface area contributed by atoms with Gasteiger partial charge in [0.05, 0.1) is 11.5 Å². The number of hydrogen-bond donors (Lipinski definition) is 2. The molecule has 0 bridgehead atoms. The number of carbonyl (C=O) groups excluding carboxylic acids is 1. The summed E-state index contributed by atoms with van der Waals surface area (Å²) >= 11 is 0. The summed E-state index contributed by atoms with van der Waals surface area (Å²) in [7, 11) is -2.90. The maximum Gasteiger partial charge on any atom is 0.274 e. The molecular formula is C16H18N4O3S. The lowest BCUT2D eigenvalue weighted by Crippen LogP contribution is -2.40. The van der Waals surface area contributed by atoms with Gasteiger partial charge < -0.3 is 16.0 Å². The maximum absolute atomic E-state index is 12.1. The number of nitrogens with one attached hydrogen (secondary N) is 1. The zero-order chi connectivity index (χ0) is 17.2. The van der Waals surface area contributed by atoms with Crippen LogP contribution < -0.4 is 16.0 Å². The molecule has 2 aromatic rings. The van der Waals surface area contributed by atoms with Crippen LogP contribution in [0.1, 0.15) is 10.5 Å². The molecule has 8 heteroatoms. The zero-order valence-electron chi connectivity index (χ0n) is 13.0. The molecule has 2 heterocycles. The molecule has 1 aromatic carbocycles. The van der Waals surface area contributed by atoms with Crippen molar-refractivity contribution in [2.75, 3.05) is 40.5 Å². The molecular weight excluding hydrogens is 328 g/mol. The Morgan fingerprint density at radius 2 is 1.75 bits per heavy atom. The first kappa shape index (κ1) is 16.3. The van der Waals surface area contributed by atoms with Gasteiger partial charge in [-0.25, -0.2) is 13.4 Å². The third kappa shape index (κ3) is 3.83. The second kappa shape index (κ2) is 6.48. The van der Waals surface area contributed by atoms with E-state index in [1.807, 2.05) is 17.0 Å². The van der Waals surface area contributed by atoms with Gasteiger partial charge in [-0.3, -0.25) is 4.79 Å². The second-order valence-electron chi connectivity index (χ2n) is 5.59. The minimum absolute atomic E-state index is 0.173. The fourth-order valence-electron chi connectivity index (χ4n) is 2.50. The molecule has 0 radical (unpaired) electrons. The van der Waals surface area contributed by atoms with Gasteiger partial charge in [-0.1, -0.05) is 6.07 Å². The first-order valence-electron chi connectivity index (χ1n) is 7.52. The van der Waals surface area contributed by atoms with Crippen molar-refractivity contribution < 1.29 is 13.2 Å². The lowest BCUT2D eigenvalue weighted by molar-refractivity contribution is 0.102. The zero-order valence-corrected chi connectivity index (χ0v) is 13.8. The topological polar surface area (TPSA) is 105 Å². The Morgan fingerprint density at radius 1 is 1.08 bits per heavy atom. The molecule has 0 aliphatic carbocycles. The monoisotopic (exact) mass is 346 g/mol. The Morgan fingerprint density at radius 3 is 2.38 bits per heavy atom. The lowest BCUT2D eigenvalue weighted by atomic mass is 10.2. The van der Waals surface area contributed by atoms with Crippen LogP contribution in [-0.2, 0) is 9.84 Å². The average molecular weight is 346 g/mol. The Kier molecular flexibility index (Phi) is 4.39. The summed E-state index contributed by atoms with van der Waals surface area (Å²) in [6.45, 7) is 0.975. The number of amides is 1. The summed E-state index contributed by atoms with van der Waals surface area (Å²) in [6, 6.07) is 12.2. The largest absolute Gasteiger partial charge is 0.384 e. The average Bonchev–Trinajstić information content (AvgIpc) is 2.56. The van der Waals surface area contributed by atoms with E-state index in [4.69, 9.17) is 5.73 Å². The van der Waals surface area contributed by atoms with Gasteiger partial charge >= 0.3 is 0 Å². The second-order valence-corrected chi connectivity index (χ2v) is 7.89. The van der Waals surface area contributed by atoms with Crippen LogP contribution in [0.15, 0.2) is 42.5 Å². The fourth-order valence-corrected chi connectivity index (χ4v) is 3.70. The third-order valence-corrected chi connectivity index (χ3v) is 5.45. The van der Waals surface area contributed by atoms with Crippen molar-refractivity contribution in [1.29, 1.82) is 0 Å². The van der Waals surface area contributed by atoms with Gasteiger partial charge in [-0.05, 0) is 36.4 Å². The number of anilines is 3. The Hall–Kier alpha value is -2.61. The Bertz CT molecular complexity index is 836. The summed E-state index contributed by atoms with van der Waals surface area (Å²) in [4.78, 5) is 18.1. The van der Waals surface area contributed by atoms with E-state index in [0.717, 1.165) is 5.69 Å². The van der Waals surface area contributed by atoms with E-state index in [1.54, 1.807) is 30.3 Å². The van der Waals surface area contributed by atoms with Gasteiger partial charge in [0.2, 0.25) is 0 Å². The highest BCUT2D eigenvalue weighted by molar-refractivity contribution is 7.91. The van der Waals surface area contributed by atoms with E-state index in [9.17, 15) is 13.2 Å². The van der Waals surface area contributed by atoms with Crippen LogP contribution >= 0.6 is 0 Å².